The Bertz CT molecular complexity index is 777. The van der Waals surface area contributed by atoms with Crippen molar-refractivity contribution in [3.05, 3.63) is 29.3 Å². The molecule has 0 atom stereocenters. The van der Waals surface area contributed by atoms with Crippen LogP contribution < -0.4 is 20.1 Å². The maximum atomic E-state index is 12.2. The number of thiazole rings is 1. The highest BCUT2D eigenvalue weighted by molar-refractivity contribution is 7.13. The van der Waals surface area contributed by atoms with E-state index in [-0.39, 0.29) is 18.9 Å². The maximum absolute atomic E-state index is 12.2. The minimum Gasteiger partial charge on any atom is -0.486 e. The highest BCUT2D eigenvalue weighted by Crippen LogP contribution is 2.32. The smallest absolute Gasteiger partial charge is 0.413 e. The number of carbonyl (C=O) groups excluding carboxylic acids is 2. The Hall–Kier alpha value is -2.81. The molecular formula is C16H17N3O5S. The van der Waals surface area contributed by atoms with Gasteiger partial charge in [0.15, 0.2) is 16.6 Å². The maximum Gasteiger partial charge on any atom is 0.413 e. The van der Waals surface area contributed by atoms with E-state index in [1.54, 1.807) is 30.5 Å². The number of anilines is 2. The normalized spacial score (nSPS) is 12.4. The number of hydrogen-bond donors (Lipinski definition) is 2. The zero-order chi connectivity index (χ0) is 17.6. The molecule has 0 bridgehead atoms. The highest BCUT2D eigenvalue weighted by Gasteiger charge is 2.14. The molecule has 2 heterocycles. The van der Waals surface area contributed by atoms with Gasteiger partial charge in [-0.1, -0.05) is 0 Å². The molecule has 132 valence electrons. The standard InChI is InChI=1S/C16H17N3O5S/c1-2-22-16(21)19-15-18-11(9-25-15)8-14(20)17-10-3-4-12-13(7-10)24-6-5-23-12/h3-4,7,9H,2,5-6,8H2,1H3,(H,17,20)(H,18,19,21). The van der Waals surface area contributed by atoms with Crippen molar-refractivity contribution in [2.45, 2.75) is 13.3 Å². The van der Waals surface area contributed by atoms with E-state index in [4.69, 9.17) is 14.2 Å². The molecule has 2 aromatic rings. The van der Waals surface area contributed by atoms with Crippen LogP contribution >= 0.6 is 11.3 Å². The lowest BCUT2D eigenvalue weighted by Gasteiger charge is -2.18. The lowest BCUT2D eigenvalue weighted by atomic mass is 10.2. The Kier molecular flexibility index (Phi) is 5.34. The van der Waals surface area contributed by atoms with Crippen LogP contribution in [0.25, 0.3) is 0 Å². The second kappa shape index (κ2) is 7.84. The zero-order valence-corrected chi connectivity index (χ0v) is 14.4. The van der Waals surface area contributed by atoms with Crippen LogP contribution in [0.1, 0.15) is 12.6 Å². The van der Waals surface area contributed by atoms with Gasteiger partial charge >= 0.3 is 6.09 Å². The Morgan fingerprint density at radius 1 is 1.24 bits per heavy atom. The largest absolute Gasteiger partial charge is 0.486 e. The van der Waals surface area contributed by atoms with E-state index in [0.29, 0.717) is 41.2 Å². The third-order valence-electron chi connectivity index (χ3n) is 3.20. The minimum atomic E-state index is -0.566. The molecule has 1 aliphatic heterocycles. The molecule has 8 nitrogen and oxygen atoms in total. The first-order valence-corrected chi connectivity index (χ1v) is 8.59. The summed E-state index contributed by atoms with van der Waals surface area (Å²) < 4.78 is 15.7. The number of nitrogens with one attached hydrogen (secondary N) is 2. The van der Waals surface area contributed by atoms with E-state index in [0.717, 1.165) is 0 Å². The van der Waals surface area contributed by atoms with E-state index >= 15 is 0 Å². The fraction of sp³-hybridized carbons (Fsp3) is 0.312. The van der Waals surface area contributed by atoms with Gasteiger partial charge in [0.05, 0.1) is 18.7 Å². The van der Waals surface area contributed by atoms with Crippen molar-refractivity contribution >= 4 is 34.2 Å². The number of rotatable bonds is 5. The first-order valence-electron chi connectivity index (χ1n) is 7.71. The predicted octanol–water partition coefficient (Wildman–Crippen LogP) is 2.66. The van der Waals surface area contributed by atoms with E-state index in [1.807, 2.05) is 0 Å². The van der Waals surface area contributed by atoms with Crippen molar-refractivity contribution in [3.8, 4) is 11.5 Å². The molecule has 0 spiro atoms. The zero-order valence-electron chi connectivity index (χ0n) is 13.5. The second-order valence-corrected chi connectivity index (χ2v) is 5.93. The van der Waals surface area contributed by atoms with Crippen LogP contribution in [0.3, 0.4) is 0 Å². The van der Waals surface area contributed by atoms with Crippen LogP contribution in [0.2, 0.25) is 0 Å². The summed E-state index contributed by atoms with van der Waals surface area (Å²) in [4.78, 5) is 27.7. The summed E-state index contributed by atoms with van der Waals surface area (Å²) in [7, 11) is 0. The van der Waals surface area contributed by atoms with Gasteiger partial charge in [-0.3, -0.25) is 10.1 Å². The van der Waals surface area contributed by atoms with Gasteiger partial charge in [0.25, 0.3) is 0 Å². The van der Waals surface area contributed by atoms with Crippen LogP contribution in [0.4, 0.5) is 15.6 Å². The Labute approximate surface area is 148 Å². The fourth-order valence-corrected chi connectivity index (χ4v) is 2.89. The molecule has 1 aromatic heterocycles. The number of carbonyl (C=O) groups is 2. The predicted molar refractivity (Wildman–Crippen MR) is 92.5 cm³/mol. The van der Waals surface area contributed by atoms with Crippen LogP contribution in [0, 0.1) is 0 Å². The van der Waals surface area contributed by atoms with Crippen LogP contribution in [0.5, 0.6) is 11.5 Å². The molecule has 0 saturated carbocycles. The van der Waals surface area contributed by atoms with Crippen LogP contribution in [-0.2, 0) is 16.0 Å². The van der Waals surface area contributed by atoms with E-state index < -0.39 is 6.09 Å². The number of benzene rings is 1. The molecule has 2 N–H and O–H groups in total. The summed E-state index contributed by atoms with van der Waals surface area (Å²) in [6.07, 6.45) is -0.473. The number of nitrogens with zero attached hydrogens (tertiary/aromatic N) is 1. The lowest BCUT2D eigenvalue weighted by molar-refractivity contribution is -0.115. The Morgan fingerprint density at radius 3 is 2.84 bits per heavy atom. The highest BCUT2D eigenvalue weighted by atomic mass is 32.1. The summed E-state index contributed by atoms with van der Waals surface area (Å²) in [6, 6.07) is 5.23. The third-order valence-corrected chi connectivity index (χ3v) is 4.01. The van der Waals surface area contributed by atoms with E-state index in [1.165, 1.54) is 11.3 Å². The fourth-order valence-electron chi connectivity index (χ4n) is 2.19. The lowest BCUT2D eigenvalue weighted by Crippen LogP contribution is -2.17. The number of amides is 2. The molecule has 1 aromatic carbocycles. The number of fused-ring (bicyclic) bond motifs is 1. The molecule has 0 unspecified atom stereocenters. The molecule has 0 radical (unpaired) electrons. The topological polar surface area (TPSA) is 98.8 Å². The Morgan fingerprint density at radius 2 is 2.04 bits per heavy atom. The summed E-state index contributed by atoms with van der Waals surface area (Å²) in [6.45, 7) is 3.00. The van der Waals surface area contributed by atoms with Gasteiger partial charge in [-0.2, -0.15) is 0 Å². The van der Waals surface area contributed by atoms with Gasteiger partial charge in [0.1, 0.15) is 13.2 Å². The number of hydrogen-bond acceptors (Lipinski definition) is 7. The summed E-state index contributed by atoms with van der Waals surface area (Å²) >= 11 is 1.23. The first-order chi connectivity index (χ1) is 12.1. The average Bonchev–Trinajstić information content (AvgIpc) is 3.01. The number of ether oxygens (including phenoxy) is 3. The third kappa shape index (κ3) is 4.60. The van der Waals surface area contributed by atoms with Gasteiger partial charge in [0.2, 0.25) is 5.91 Å². The SMILES string of the molecule is CCOC(=O)Nc1nc(CC(=O)Nc2ccc3c(c2)OCCO3)cs1. The molecule has 9 heteroatoms. The quantitative estimate of drug-likeness (QED) is 0.847. The summed E-state index contributed by atoms with van der Waals surface area (Å²) in [5.74, 6) is 1.06. The molecular weight excluding hydrogens is 346 g/mol. The van der Waals surface area contributed by atoms with Gasteiger partial charge < -0.3 is 19.5 Å². The average molecular weight is 363 g/mol. The van der Waals surface area contributed by atoms with Crippen LogP contribution in [0.15, 0.2) is 23.6 Å². The number of aromatic nitrogens is 1. The van der Waals surface area contributed by atoms with Crippen molar-refractivity contribution in [2.24, 2.45) is 0 Å². The molecule has 0 aliphatic carbocycles. The molecule has 0 fully saturated rings. The van der Waals surface area contributed by atoms with Crippen molar-refractivity contribution in [3.63, 3.8) is 0 Å². The summed E-state index contributed by atoms with van der Waals surface area (Å²) in [5, 5.41) is 7.40. The van der Waals surface area contributed by atoms with Crippen LogP contribution in [-0.4, -0.2) is 36.8 Å². The molecule has 1 aliphatic rings. The Balaban J connectivity index is 1.56. The monoisotopic (exact) mass is 363 g/mol. The second-order valence-electron chi connectivity index (χ2n) is 5.07. The molecule has 25 heavy (non-hydrogen) atoms. The van der Waals surface area contributed by atoms with Gasteiger partial charge in [-0.15, -0.1) is 11.3 Å². The van der Waals surface area contributed by atoms with Crippen molar-refractivity contribution in [1.82, 2.24) is 4.98 Å². The molecule has 2 amide bonds. The summed E-state index contributed by atoms with van der Waals surface area (Å²) in [5.41, 5.74) is 1.18. The van der Waals surface area contributed by atoms with Gasteiger partial charge in [-0.25, -0.2) is 9.78 Å². The van der Waals surface area contributed by atoms with Gasteiger partial charge in [0, 0.05) is 17.1 Å². The van der Waals surface area contributed by atoms with E-state index in [9.17, 15) is 9.59 Å². The van der Waals surface area contributed by atoms with E-state index in [2.05, 4.69) is 15.6 Å². The minimum absolute atomic E-state index is 0.0927. The van der Waals surface area contributed by atoms with Gasteiger partial charge in [-0.05, 0) is 19.1 Å². The van der Waals surface area contributed by atoms with Crippen molar-refractivity contribution < 1.29 is 23.8 Å². The first kappa shape index (κ1) is 17.0. The molecule has 3 rings (SSSR count). The molecule has 0 saturated heterocycles. The van der Waals surface area contributed by atoms with Crippen molar-refractivity contribution in [2.75, 3.05) is 30.5 Å². The van der Waals surface area contributed by atoms with Crippen molar-refractivity contribution in [1.29, 1.82) is 0 Å².